The minimum absolute atomic E-state index is 0.0443. The highest BCUT2D eigenvalue weighted by Crippen LogP contribution is 2.40. The summed E-state index contributed by atoms with van der Waals surface area (Å²) in [6.45, 7) is 4.59. The van der Waals surface area contributed by atoms with E-state index in [0.717, 1.165) is 5.75 Å². The van der Waals surface area contributed by atoms with E-state index in [2.05, 4.69) is 43.3 Å². The van der Waals surface area contributed by atoms with Gasteiger partial charge in [-0.05, 0) is 23.6 Å². The molecule has 0 saturated carbocycles. The van der Waals surface area contributed by atoms with Gasteiger partial charge in [-0.3, -0.25) is 0 Å². The number of hydrogen-bond acceptors (Lipinski definition) is 4. The van der Waals surface area contributed by atoms with E-state index >= 15 is 0 Å². The third kappa shape index (κ3) is 6.20. The maximum Gasteiger partial charge on any atom is 0.102 e. The highest BCUT2D eigenvalue weighted by atomic mass is 32.2. The Kier molecular flexibility index (Phi) is 7.81. The number of hydrogen-bond donors (Lipinski definition) is 0. The Labute approximate surface area is 189 Å². The number of ether oxygens (including phenoxy) is 3. The average Bonchev–Trinajstić information content (AvgIpc) is 3.14. The topological polar surface area (TPSA) is 27.7 Å². The van der Waals surface area contributed by atoms with Crippen LogP contribution in [0.3, 0.4) is 0 Å². The van der Waals surface area contributed by atoms with Crippen LogP contribution in [0.2, 0.25) is 0 Å². The van der Waals surface area contributed by atoms with Gasteiger partial charge in [0, 0.05) is 5.75 Å². The van der Waals surface area contributed by atoms with Crippen molar-refractivity contribution in [1.82, 2.24) is 0 Å². The number of benzene rings is 3. The molecule has 3 aromatic carbocycles. The Morgan fingerprint density at radius 2 is 1.26 bits per heavy atom. The molecule has 31 heavy (non-hydrogen) atoms. The molecule has 3 atom stereocenters. The molecule has 0 N–H and O–H groups in total. The van der Waals surface area contributed by atoms with Crippen LogP contribution in [-0.4, -0.2) is 29.3 Å². The maximum atomic E-state index is 6.48. The fraction of sp³-hybridized carbons (Fsp3) is 0.333. The Morgan fingerprint density at radius 1 is 0.742 bits per heavy atom. The Balaban J connectivity index is 1.40. The first-order valence-corrected chi connectivity index (χ1v) is 11.8. The zero-order chi connectivity index (χ0) is 21.4. The lowest BCUT2D eigenvalue weighted by molar-refractivity contribution is -0.133. The van der Waals surface area contributed by atoms with Gasteiger partial charge in [0.25, 0.3) is 0 Å². The summed E-state index contributed by atoms with van der Waals surface area (Å²) in [5.74, 6) is 0.888. The molecule has 0 unspecified atom stereocenters. The van der Waals surface area contributed by atoms with E-state index in [1.54, 1.807) is 0 Å². The standard InChI is InChI=1S/C27H30O3S/c1-27(30-19-24-15-9-4-10-16-24)21-31-25(20-28-17-22-11-5-2-6-12-22)26(27)29-18-23-13-7-3-8-14-23/h2-16,25-26H,17-21H2,1H3/t25-,26-,27+/m1/s1. The van der Waals surface area contributed by atoms with Crippen LogP contribution < -0.4 is 0 Å². The molecule has 1 heterocycles. The molecular formula is C27H30O3S. The van der Waals surface area contributed by atoms with Crippen LogP contribution in [-0.2, 0) is 34.0 Å². The zero-order valence-corrected chi connectivity index (χ0v) is 18.8. The molecule has 0 amide bonds. The van der Waals surface area contributed by atoms with Crippen molar-refractivity contribution in [3.8, 4) is 0 Å². The predicted molar refractivity (Wildman–Crippen MR) is 127 cm³/mol. The first-order valence-electron chi connectivity index (χ1n) is 10.8. The minimum atomic E-state index is -0.365. The van der Waals surface area contributed by atoms with Gasteiger partial charge in [0.15, 0.2) is 0 Å². The van der Waals surface area contributed by atoms with Crippen LogP contribution in [0.4, 0.5) is 0 Å². The summed E-state index contributed by atoms with van der Waals surface area (Å²) >= 11 is 1.89. The van der Waals surface area contributed by atoms with Gasteiger partial charge in [0.05, 0.1) is 31.7 Å². The van der Waals surface area contributed by atoms with Crippen molar-refractivity contribution in [1.29, 1.82) is 0 Å². The second kappa shape index (κ2) is 11.0. The fourth-order valence-corrected chi connectivity index (χ4v) is 5.35. The summed E-state index contributed by atoms with van der Waals surface area (Å²) in [5.41, 5.74) is 3.18. The van der Waals surface area contributed by atoms with Crippen molar-refractivity contribution in [3.63, 3.8) is 0 Å². The van der Waals surface area contributed by atoms with Crippen LogP contribution in [0.1, 0.15) is 23.6 Å². The van der Waals surface area contributed by atoms with Gasteiger partial charge in [-0.1, -0.05) is 91.0 Å². The van der Waals surface area contributed by atoms with E-state index in [9.17, 15) is 0 Å². The van der Waals surface area contributed by atoms with Crippen LogP contribution >= 0.6 is 11.8 Å². The van der Waals surface area contributed by atoms with E-state index in [4.69, 9.17) is 14.2 Å². The lowest BCUT2D eigenvalue weighted by Gasteiger charge is -2.33. The van der Waals surface area contributed by atoms with Gasteiger partial charge in [0.1, 0.15) is 11.7 Å². The molecule has 3 nitrogen and oxygen atoms in total. The highest BCUT2D eigenvalue weighted by molar-refractivity contribution is 8.00. The van der Waals surface area contributed by atoms with Gasteiger partial charge in [-0.25, -0.2) is 0 Å². The molecule has 1 fully saturated rings. The molecule has 0 bridgehead atoms. The van der Waals surface area contributed by atoms with Crippen LogP contribution in [0.25, 0.3) is 0 Å². The van der Waals surface area contributed by atoms with E-state index < -0.39 is 0 Å². The van der Waals surface area contributed by atoms with Crippen LogP contribution in [0, 0.1) is 0 Å². The lowest BCUT2D eigenvalue weighted by atomic mass is 9.98. The third-order valence-corrected chi connectivity index (χ3v) is 7.15. The van der Waals surface area contributed by atoms with E-state index in [0.29, 0.717) is 26.4 Å². The van der Waals surface area contributed by atoms with Gasteiger partial charge >= 0.3 is 0 Å². The Morgan fingerprint density at radius 3 is 1.84 bits per heavy atom. The van der Waals surface area contributed by atoms with Crippen LogP contribution in [0.5, 0.6) is 0 Å². The second-order valence-corrected chi connectivity index (χ2v) is 9.38. The maximum absolute atomic E-state index is 6.48. The second-order valence-electron chi connectivity index (χ2n) is 8.15. The quantitative estimate of drug-likeness (QED) is 0.398. The normalized spacial score (nSPS) is 23.1. The summed E-state index contributed by atoms with van der Waals surface area (Å²) in [4.78, 5) is 0. The summed E-state index contributed by atoms with van der Waals surface area (Å²) < 4.78 is 19.0. The number of thioether (sulfide) groups is 1. The monoisotopic (exact) mass is 434 g/mol. The molecule has 0 aromatic heterocycles. The predicted octanol–water partition coefficient (Wildman–Crippen LogP) is 5.88. The van der Waals surface area contributed by atoms with E-state index in [1.807, 2.05) is 66.4 Å². The van der Waals surface area contributed by atoms with Crippen molar-refractivity contribution in [2.75, 3.05) is 12.4 Å². The van der Waals surface area contributed by atoms with Crippen LogP contribution in [0.15, 0.2) is 91.0 Å². The summed E-state index contributed by atoms with van der Waals surface area (Å²) in [7, 11) is 0. The first kappa shape index (κ1) is 22.1. The lowest BCUT2D eigenvalue weighted by Crippen LogP contribution is -2.46. The molecule has 3 aromatic rings. The summed E-state index contributed by atoms with van der Waals surface area (Å²) in [6.07, 6.45) is -0.0443. The van der Waals surface area contributed by atoms with Gasteiger partial charge in [0.2, 0.25) is 0 Å². The molecule has 162 valence electrons. The van der Waals surface area contributed by atoms with E-state index in [-0.39, 0.29) is 17.0 Å². The summed E-state index contributed by atoms with van der Waals surface area (Å²) in [6, 6.07) is 31.0. The van der Waals surface area contributed by atoms with Crippen molar-refractivity contribution in [2.24, 2.45) is 0 Å². The fourth-order valence-electron chi connectivity index (χ4n) is 3.83. The van der Waals surface area contributed by atoms with Crippen molar-refractivity contribution < 1.29 is 14.2 Å². The Bertz CT molecular complexity index is 904. The zero-order valence-electron chi connectivity index (χ0n) is 18.0. The average molecular weight is 435 g/mol. The summed E-state index contributed by atoms with van der Waals surface area (Å²) in [5, 5.41) is 0.230. The molecule has 0 spiro atoms. The SMILES string of the molecule is C[C@]1(OCc2ccccc2)CS[C@H](COCc2ccccc2)[C@H]1OCc1ccccc1. The molecular weight excluding hydrogens is 404 g/mol. The molecule has 4 rings (SSSR count). The third-order valence-electron chi connectivity index (χ3n) is 5.60. The molecule has 0 radical (unpaired) electrons. The molecule has 4 heteroatoms. The van der Waals surface area contributed by atoms with Gasteiger partial charge in [-0.15, -0.1) is 0 Å². The smallest absolute Gasteiger partial charge is 0.102 e. The molecule has 1 aliphatic heterocycles. The molecule has 1 saturated heterocycles. The number of rotatable bonds is 10. The largest absolute Gasteiger partial charge is 0.376 e. The van der Waals surface area contributed by atoms with Gasteiger partial charge in [-0.2, -0.15) is 11.8 Å². The highest BCUT2D eigenvalue weighted by Gasteiger charge is 2.48. The van der Waals surface area contributed by atoms with Crippen molar-refractivity contribution >= 4 is 11.8 Å². The molecule has 0 aliphatic carbocycles. The van der Waals surface area contributed by atoms with Gasteiger partial charge < -0.3 is 14.2 Å². The Hall–Kier alpha value is -2.11. The van der Waals surface area contributed by atoms with Crippen molar-refractivity contribution in [2.45, 2.75) is 43.7 Å². The van der Waals surface area contributed by atoms with E-state index in [1.165, 1.54) is 16.7 Å². The van der Waals surface area contributed by atoms with Crippen molar-refractivity contribution in [3.05, 3.63) is 108 Å². The molecule has 1 aliphatic rings. The first-order chi connectivity index (χ1) is 15.2. The minimum Gasteiger partial charge on any atom is -0.376 e.